The zero-order valence-corrected chi connectivity index (χ0v) is 12.9. The molecule has 20 heavy (non-hydrogen) atoms. The minimum atomic E-state index is 0.190. The van der Waals surface area contributed by atoms with Gasteiger partial charge in [-0.2, -0.15) is 0 Å². The Morgan fingerprint density at radius 2 is 1.80 bits per heavy atom. The lowest BCUT2D eigenvalue weighted by Crippen LogP contribution is -2.14. The zero-order valence-electron chi connectivity index (χ0n) is 12.2. The lowest BCUT2D eigenvalue weighted by atomic mass is 9.82. The van der Waals surface area contributed by atoms with Crippen molar-refractivity contribution in [1.29, 1.82) is 0 Å². The third-order valence-electron chi connectivity index (χ3n) is 3.66. The Hall–Kier alpha value is -1.54. The number of ether oxygens (including phenoxy) is 1. The molecule has 0 atom stereocenters. The van der Waals surface area contributed by atoms with Crippen LogP contribution in [0.5, 0.6) is 11.6 Å². The van der Waals surface area contributed by atoms with Crippen molar-refractivity contribution in [2.24, 2.45) is 0 Å². The molecule has 0 spiro atoms. The van der Waals surface area contributed by atoms with Crippen LogP contribution in [0.2, 0.25) is 0 Å². The molecule has 1 aromatic carbocycles. The van der Waals surface area contributed by atoms with E-state index in [1.54, 1.807) is 0 Å². The summed E-state index contributed by atoms with van der Waals surface area (Å²) in [5.74, 6) is 1.76. The smallest absolute Gasteiger partial charge is 0.219 e. The van der Waals surface area contributed by atoms with E-state index in [1.165, 1.54) is 5.56 Å². The number of hydrogen-bond acceptors (Lipinski definition) is 2. The fraction of sp³-hybridized carbons (Fsp3) is 0.353. The molecule has 3 heteroatoms. The standard InChI is InChI=1S/C17H20ClNO/c1-4-17(2,3)13-8-10-15(11-9-13)20-16-7-5-6-14(12-18)19-16/h5-11H,4,12H2,1-3H3. The highest BCUT2D eigenvalue weighted by molar-refractivity contribution is 6.16. The van der Waals surface area contributed by atoms with Gasteiger partial charge in [-0.15, -0.1) is 11.6 Å². The lowest BCUT2D eigenvalue weighted by Gasteiger charge is -2.23. The third-order valence-corrected chi connectivity index (χ3v) is 3.93. The molecule has 1 heterocycles. The Kier molecular flexibility index (Phi) is 4.66. The summed E-state index contributed by atoms with van der Waals surface area (Å²) in [6, 6.07) is 13.8. The number of alkyl halides is 1. The van der Waals surface area contributed by atoms with Crippen molar-refractivity contribution in [3.05, 3.63) is 53.7 Å². The van der Waals surface area contributed by atoms with Gasteiger partial charge in [0.05, 0.1) is 11.6 Å². The molecule has 0 amide bonds. The second-order valence-corrected chi connectivity index (χ2v) is 5.73. The first kappa shape index (κ1) is 14.9. The van der Waals surface area contributed by atoms with E-state index in [4.69, 9.17) is 16.3 Å². The van der Waals surface area contributed by atoms with Crippen LogP contribution in [0.15, 0.2) is 42.5 Å². The molecule has 0 radical (unpaired) electrons. The van der Waals surface area contributed by atoms with Crippen LogP contribution in [0.1, 0.15) is 38.4 Å². The molecule has 0 unspecified atom stereocenters. The molecular weight excluding hydrogens is 270 g/mol. The molecule has 1 aromatic heterocycles. The molecule has 0 saturated heterocycles. The maximum Gasteiger partial charge on any atom is 0.219 e. The van der Waals surface area contributed by atoms with Gasteiger partial charge in [-0.05, 0) is 35.6 Å². The SMILES string of the molecule is CCC(C)(C)c1ccc(Oc2cccc(CCl)n2)cc1. The molecule has 0 saturated carbocycles. The summed E-state index contributed by atoms with van der Waals surface area (Å²) in [5.41, 5.74) is 2.32. The first-order valence-electron chi connectivity index (χ1n) is 6.85. The lowest BCUT2D eigenvalue weighted by molar-refractivity contribution is 0.459. The second kappa shape index (κ2) is 6.27. The van der Waals surface area contributed by atoms with Crippen LogP contribution in [-0.2, 0) is 11.3 Å². The maximum absolute atomic E-state index is 5.77. The average Bonchev–Trinajstić information content (AvgIpc) is 2.48. The van der Waals surface area contributed by atoms with Crippen LogP contribution < -0.4 is 4.74 Å². The molecule has 2 aromatic rings. The number of nitrogens with zero attached hydrogens (tertiary/aromatic N) is 1. The third kappa shape index (κ3) is 3.51. The summed E-state index contributed by atoms with van der Waals surface area (Å²) in [6.07, 6.45) is 1.10. The van der Waals surface area contributed by atoms with Crippen LogP contribution in [0, 0.1) is 0 Å². The maximum atomic E-state index is 5.77. The van der Waals surface area contributed by atoms with Crippen LogP contribution >= 0.6 is 11.6 Å². The Balaban J connectivity index is 2.14. The monoisotopic (exact) mass is 289 g/mol. The van der Waals surface area contributed by atoms with Crippen LogP contribution in [0.4, 0.5) is 0 Å². The summed E-state index contributed by atoms with van der Waals surface area (Å²) in [5, 5.41) is 0. The Morgan fingerprint density at radius 3 is 2.40 bits per heavy atom. The fourth-order valence-electron chi connectivity index (χ4n) is 1.89. The topological polar surface area (TPSA) is 22.1 Å². The van der Waals surface area contributed by atoms with Gasteiger partial charge in [-0.1, -0.05) is 39.0 Å². The van der Waals surface area contributed by atoms with Crippen LogP contribution in [0.25, 0.3) is 0 Å². The molecule has 0 fully saturated rings. The normalized spacial score (nSPS) is 11.4. The number of aromatic nitrogens is 1. The molecule has 0 N–H and O–H groups in total. The molecule has 0 bridgehead atoms. The van der Waals surface area contributed by atoms with E-state index in [-0.39, 0.29) is 5.41 Å². The summed E-state index contributed by atoms with van der Waals surface area (Å²) < 4.78 is 5.75. The van der Waals surface area contributed by atoms with Crippen molar-refractivity contribution in [3.63, 3.8) is 0 Å². The summed E-state index contributed by atoms with van der Waals surface area (Å²) >= 11 is 5.77. The summed E-state index contributed by atoms with van der Waals surface area (Å²) in [6.45, 7) is 6.69. The largest absolute Gasteiger partial charge is 0.439 e. The molecule has 106 valence electrons. The van der Waals surface area contributed by atoms with Gasteiger partial charge >= 0.3 is 0 Å². The van der Waals surface area contributed by atoms with Crippen molar-refractivity contribution in [1.82, 2.24) is 4.98 Å². The van der Waals surface area contributed by atoms with Crippen molar-refractivity contribution in [2.45, 2.75) is 38.5 Å². The molecule has 2 rings (SSSR count). The number of hydrogen-bond donors (Lipinski definition) is 0. The predicted molar refractivity (Wildman–Crippen MR) is 83.6 cm³/mol. The van der Waals surface area contributed by atoms with Gasteiger partial charge in [0, 0.05) is 6.07 Å². The fourth-order valence-corrected chi connectivity index (χ4v) is 2.04. The first-order valence-corrected chi connectivity index (χ1v) is 7.39. The van der Waals surface area contributed by atoms with E-state index in [9.17, 15) is 0 Å². The second-order valence-electron chi connectivity index (χ2n) is 5.46. The molecule has 0 aliphatic rings. The van der Waals surface area contributed by atoms with E-state index < -0.39 is 0 Å². The predicted octanol–water partition coefficient (Wildman–Crippen LogP) is 5.30. The van der Waals surface area contributed by atoms with Gasteiger partial charge in [-0.25, -0.2) is 4.98 Å². The van der Waals surface area contributed by atoms with Crippen molar-refractivity contribution >= 4 is 11.6 Å². The molecule has 2 nitrogen and oxygen atoms in total. The number of pyridine rings is 1. The molecule has 0 aliphatic carbocycles. The quantitative estimate of drug-likeness (QED) is 0.697. The minimum absolute atomic E-state index is 0.190. The minimum Gasteiger partial charge on any atom is -0.439 e. The summed E-state index contributed by atoms with van der Waals surface area (Å²) in [4.78, 5) is 4.32. The van der Waals surface area contributed by atoms with Gasteiger partial charge in [0.15, 0.2) is 0 Å². The van der Waals surface area contributed by atoms with Gasteiger partial charge in [0.2, 0.25) is 5.88 Å². The first-order chi connectivity index (χ1) is 9.55. The van der Waals surface area contributed by atoms with Gasteiger partial charge in [0.1, 0.15) is 5.75 Å². The van der Waals surface area contributed by atoms with Crippen LogP contribution in [-0.4, -0.2) is 4.98 Å². The Morgan fingerprint density at radius 1 is 1.10 bits per heavy atom. The van der Waals surface area contributed by atoms with Gasteiger partial charge < -0.3 is 4.74 Å². The van der Waals surface area contributed by atoms with E-state index in [0.29, 0.717) is 11.8 Å². The van der Waals surface area contributed by atoms with Crippen LogP contribution in [0.3, 0.4) is 0 Å². The summed E-state index contributed by atoms with van der Waals surface area (Å²) in [7, 11) is 0. The van der Waals surface area contributed by atoms with E-state index in [1.807, 2.05) is 30.3 Å². The van der Waals surface area contributed by atoms with Gasteiger partial charge in [0.25, 0.3) is 0 Å². The van der Waals surface area contributed by atoms with Gasteiger partial charge in [-0.3, -0.25) is 0 Å². The van der Waals surface area contributed by atoms with E-state index in [2.05, 4.69) is 37.9 Å². The number of rotatable bonds is 5. The molecule has 0 aliphatic heterocycles. The Bertz CT molecular complexity index is 563. The van der Waals surface area contributed by atoms with Crippen molar-refractivity contribution < 1.29 is 4.74 Å². The average molecular weight is 290 g/mol. The number of benzene rings is 1. The van der Waals surface area contributed by atoms with Crippen molar-refractivity contribution in [3.8, 4) is 11.6 Å². The highest BCUT2D eigenvalue weighted by atomic mass is 35.5. The Labute approximate surface area is 125 Å². The van der Waals surface area contributed by atoms with E-state index >= 15 is 0 Å². The van der Waals surface area contributed by atoms with Crippen molar-refractivity contribution in [2.75, 3.05) is 0 Å². The highest BCUT2D eigenvalue weighted by Crippen LogP contribution is 2.29. The zero-order chi connectivity index (χ0) is 14.6. The van der Waals surface area contributed by atoms with E-state index in [0.717, 1.165) is 17.9 Å². The number of halogens is 1. The molecular formula is C17H20ClNO. The highest BCUT2D eigenvalue weighted by Gasteiger charge is 2.17.